The SMILES string of the molecule is Cc1ccc(OCC2CNC2)cc1Br. The Balaban J connectivity index is 1.91. The number of rotatable bonds is 3. The van der Waals surface area contributed by atoms with Crippen LogP contribution in [0.3, 0.4) is 0 Å². The minimum absolute atomic E-state index is 0.690. The summed E-state index contributed by atoms with van der Waals surface area (Å²) in [6, 6.07) is 6.12. The fourth-order valence-corrected chi connectivity index (χ4v) is 1.70. The van der Waals surface area contributed by atoms with E-state index in [-0.39, 0.29) is 0 Å². The molecule has 1 aromatic rings. The molecule has 0 unspecified atom stereocenters. The zero-order valence-electron chi connectivity index (χ0n) is 8.22. The standard InChI is InChI=1S/C11H14BrNO/c1-8-2-3-10(4-11(8)12)14-7-9-5-13-6-9/h2-4,9,13H,5-7H2,1H3. The molecular weight excluding hydrogens is 242 g/mol. The van der Waals surface area contributed by atoms with Gasteiger partial charge in [0.1, 0.15) is 5.75 Å². The van der Waals surface area contributed by atoms with Crippen molar-refractivity contribution in [3.63, 3.8) is 0 Å². The summed E-state index contributed by atoms with van der Waals surface area (Å²) in [5.74, 6) is 1.64. The summed E-state index contributed by atoms with van der Waals surface area (Å²) in [5.41, 5.74) is 1.24. The van der Waals surface area contributed by atoms with Crippen LogP contribution in [0.4, 0.5) is 0 Å². The van der Waals surface area contributed by atoms with E-state index in [0.717, 1.165) is 29.9 Å². The average Bonchev–Trinajstić information content (AvgIpc) is 2.08. The van der Waals surface area contributed by atoms with Crippen molar-refractivity contribution in [3.8, 4) is 5.75 Å². The smallest absolute Gasteiger partial charge is 0.120 e. The van der Waals surface area contributed by atoms with Crippen molar-refractivity contribution in [1.82, 2.24) is 5.32 Å². The highest BCUT2D eigenvalue weighted by atomic mass is 79.9. The van der Waals surface area contributed by atoms with Crippen molar-refractivity contribution < 1.29 is 4.74 Å². The Kier molecular flexibility index (Phi) is 3.08. The summed E-state index contributed by atoms with van der Waals surface area (Å²) >= 11 is 3.49. The third-order valence-electron chi connectivity index (χ3n) is 2.50. The van der Waals surface area contributed by atoms with Crippen LogP contribution in [0.25, 0.3) is 0 Å². The highest BCUT2D eigenvalue weighted by molar-refractivity contribution is 9.10. The van der Waals surface area contributed by atoms with E-state index in [2.05, 4.69) is 34.2 Å². The second-order valence-corrected chi connectivity index (χ2v) is 4.60. The van der Waals surface area contributed by atoms with Crippen molar-refractivity contribution in [2.75, 3.05) is 19.7 Å². The Labute approximate surface area is 92.8 Å². The van der Waals surface area contributed by atoms with Gasteiger partial charge >= 0.3 is 0 Å². The van der Waals surface area contributed by atoms with E-state index in [0.29, 0.717) is 5.92 Å². The molecule has 76 valence electrons. The maximum absolute atomic E-state index is 5.68. The third-order valence-corrected chi connectivity index (χ3v) is 3.35. The van der Waals surface area contributed by atoms with Crippen LogP contribution in [0.15, 0.2) is 22.7 Å². The van der Waals surface area contributed by atoms with Gasteiger partial charge in [-0.25, -0.2) is 0 Å². The van der Waals surface area contributed by atoms with Crippen LogP contribution in [0.1, 0.15) is 5.56 Å². The first-order valence-corrected chi connectivity index (χ1v) is 5.64. The lowest BCUT2D eigenvalue weighted by molar-refractivity contribution is 0.199. The van der Waals surface area contributed by atoms with Crippen LogP contribution in [0, 0.1) is 12.8 Å². The van der Waals surface area contributed by atoms with Gasteiger partial charge in [0.15, 0.2) is 0 Å². The maximum atomic E-state index is 5.68. The van der Waals surface area contributed by atoms with E-state index in [1.54, 1.807) is 0 Å². The Morgan fingerprint density at radius 1 is 1.50 bits per heavy atom. The highest BCUT2D eigenvalue weighted by Crippen LogP contribution is 2.22. The molecule has 0 aromatic heterocycles. The van der Waals surface area contributed by atoms with Crippen molar-refractivity contribution in [3.05, 3.63) is 28.2 Å². The van der Waals surface area contributed by atoms with Crippen molar-refractivity contribution >= 4 is 15.9 Å². The van der Waals surface area contributed by atoms with Gasteiger partial charge in [0.05, 0.1) is 6.61 Å². The molecule has 0 amide bonds. The van der Waals surface area contributed by atoms with Crippen molar-refractivity contribution in [1.29, 1.82) is 0 Å². The van der Waals surface area contributed by atoms with Gasteiger partial charge in [-0.05, 0) is 24.6 Å². The lowest BCUT2D eigenvalue weighted by Gasteiger charge is -2.26. The van der Waals surface area contributed by atoms with Gasteiger partial charge in [-0.3, -0.25) is 0 Å². The summed E-state index contributed by atoms with van der Waals surface area (Å²) in [6.07, 6.45) is 0. The first-order chi connectivity index (χ1) is 6.75. The highest BCUT2D eigenvalue weighted by Gasteiger charge is 2.16. The largest absolute Gasteiger partial charge is 0.493 e. The normalized spacial score (nSPS) is 16.4. The van der Waals surface area contributed by atoms with Crippen molar-refractivity contribution in [2.24, 2.45) is 5.92 Å². The van der Waals surface area contributed by atoms with E-state index in [9.17, 15) is 0 Å². The van der Waals surface area contributed by atoms with Crippen LogP contribution in [0.2, 0.25) is 0 Å². The Morgan fingerprint density at radius 3 is 2.86 bits per heavy atom. The molecule has 0 atom stereocenters. The third kappa shape index (κ3) is 2.28. The van der Waals surface area contributed by atoms with Crippen LogP contribution in [0.5, 0.6) is 5.75 Å². The fraction of sp³-hybridized carbons (Fsp3) is 0.455. The molecule has 1 aliphatic rings. The maximum Gasteiger partial charge on any atom is 0.120 e. The van der Waals surface area contributed by atoms with Crippen LogP contribution < -0.4 is 10.1 Å². The molecule has 1 saturated heterocycles. The quantitative estimate of drug-likeness (QED) is 0.896. The molecule has 0 radical (unpaired) electrons. The van der Waals surface area contributed by atoms with Crippen molar-refractivity contribution in [2.45, 2.75) is 6.92 Å². The number of hydrogen-bond donors (Lipinski definition) is 1. The van der Waals surface area contributed by atoms with E-state index in [1.807, 2.05) is 12.1 Å². The molecule has 2 nitrogen and oxygen atoms in total. The molecule has 0 saturated carbocycles. The van der Waals surface area contributed by atoms with E-state index in [1.165, 1.54) is 5.56 Å². The summed E-state index contributed by atoms with van der Waals surface area (Å²) in [6.45, 7) is 5.08. The second-order valence-electron chi connectivity index (χ2n) is 3.75. The number of benzene rings is 1. The molecule has 3 heteroatoms. The molecule has 1 aliphatic heterocycles. The number of aryl methyl sites for hydroxylation is 1. The van der Waals surface area contributed by atoms with Gasteiger partial charge in [-0.2, -0.15) is 0 Å². The zero-order chi connectivity index (χ0) is 9.97. The molecule has 0 bridgehead atoms. The summed E-state index contributed by atoms with van der Waals surface area (Å²) in [4.78, 5) is 0. The van der Waals surface area contributed by atoms with Gasteiger partial charge in [0.25, 0.3) is 0 Å². The molecule has 1 aromatic carbocycles. The van der Waals surface area contributed by atoms with E-state index in [4.69, 9.17) is 4.74 Å². The van der Waals surface area contributed by atoms with Gasteiger partial charge in [-0.15, -0.1) is 0 Å². The first-order valence-electron chi connectivity index (χ1n) is 4.85. The van der Waals surface area contributed by atoms with E-state index >= 15 is 0 Å². The van der Waals surface area contributed by atoms with Gasteiger partial charge < -0.3 is 10.1 Å². The number of hydrogen-bond acceptors (Lipinski definition) is 2. The summed E-state index contributed by atoms with van der Waals surface area (Å²) in [7, 11) is 0. The molecule has 1 heterocycles. The van der Waals surface area contributed by atoms with Crippen LogP contribution in [-0.2, 0) is 0 Å². The Hall–Kier alpha value is -0.540. The molecular formula is C11H14BrNO. The molecule has 2 rings (SSSR count). The van der Waals surface area contributed by atoms with E-state index < -0.39 is 0 Å². The lowest BCUT2D eigenvalue weighted by Crippen LogP contribution is -2.45. The zero-order valence-corrected chi connectivity index (χ0v) is 9.80. The fourth-order valence-electron chi connectivity index (χ4n) is 1.34. The number of ether oxygens (including phenoxy) is 1. The van der Waals surface area contributed by atoms with Gasteiger partial charge in [-0.1, -0.05) is 22.0 Å². The van der Waals surface area contributed by atoms with Crippen LogP contribution in [-0.4, -0.2) is 19.7 Å². The molecule has 14 heavy (non-hydrogen) atoms. The minimum atomic E-state index is 0.690. The number of halogens is 1. The monoisotopic (exact) mass is 255 g/mol. The second kappa shape index (κ2) is 4.32. The minimum Gasteiger partial charge on any atom is -0.493 e. The van der Waals surface area contributed by atoms with Crippen LogP contribution >= 0.6 is 15.9 Å². The lowest BCUT2D eigenvalue weighted by atomic mass is 10.1. The summed E-state index contributed by atoms with van der Waals surface area (Å²) < 4.78 is 6.79. The molecule has 1 N–H and O–H groups in total. The Morgan fingerprint density at radius 2 is 2.29 bits per heavy atom. The molecule has 0 spiro atoms. The molecule has 1 fully saturated rings. The van der Waals surface area contributed by atoms with Gasteiger partial charge in [0, 0.05) is 23.5 Å². The Bertz CT molecular complexity index is 323. The van der Waals surface area contributed by atoms with Gasteiger partial charge in [0.2, 0.25) is 0 Å². The number of nitrogens with one attached hydrogen (secondary N) is 1. The predicted octanol–water partition coefficient (Wildman–Crippen LogP) is 2.36. The molecule has 0 aliphatic carbocycles. The topological polar surface area (TPSA) is 21.3 Å². The summed E-state index contributed by atoms with van der Waals surface area (Å²) in [5, 5.41) is 3.23. The predicted molar refractivity (Wildman–Crippen MR) is 60.7 cm³/mol. The average molecular weight is 256 g/mol. The first kappa shape index (κ1) is 9.99.